The van der Waals surface area contributed by atoms with Gasteiger partial charge in [0, 0.05) is 39.3 Å². The van der Waals surface area contributed by atoms with Gasteiger partial charge in [-0.1, -0.05) is 64.4 Å². The molecule has 2 fully saturated rings. The SMILES string of the molecule is Cc1cc(Cl)ccc1Sc1cnc(N)nc1NC1CCC(O)CC1.Nc1ncc(Sc2c(Cl)cccc2Cl)c(NC2CCC(O)CC2)n1. The van der Waals surface area contributed by atoms with E-state index in [2.05, 4.69) is 30.6 Å². The second-order valence-corrected chi connectivity index (χ2v) is 15.2. The van der Waals surface area contributed by atoms with Crippen molar-refractivity contribution in [3.8, 4) is 0 Å². The maximum absolute atomic E-state index is 9.65. The second-order valence-electron chi connectivity index (χ2n) is 11.8. The number of nitrogens with zero attached hydrogens (tertiary/aromatic N) is 4. The number of nitrogen functional groups attached to an aromatic ring is 2. The van der Waals surface area contributed by atoms with Gasteiger partial charge in [-0.15, -0.1) is 0 Å². The van der Waals surface area contributed by atoms with Crippen LogP contribution < -0.4 is 22.1 Å². The van der Waals surface area contributed by atoms with Crippen LogP contribution in [0.15, 0.2) is 68.4 Å². The van der Waals surface area contributed by atoms with Crippen LogP contribution in [0.3, 0.4) is 0 Å². The molecule has 0 aliphatic heterocycles. The lowest BCUT2D eigenvalue weighted by Crippen LogP contribution is -2.28. The van der Waals surface area contributed by atoms with E-state index in [1.54, 1.807) is 42.4 Å². The maximum Gasteiger partial charge on any atom is 0.221 e. The smallest absolute Gasteiger partial charge is 0.221 e. The normalized spacial score (nSPS) is 20.8. The Balaban J connectivity index is 0.000000188. The number of hydrogen-bond acceptors (Lipinski definition) is 12. The molecule has 15 heteroatoms. The predicted octanol–water partition coefficient (Wildman–Crippen LogP) is 8.12. The number of halogens is 3. The van der Waals surface area contributed by atoms with Crippen molar-refractivity contribution in [1.29, 1.82) is 0 Å². The second kappa shape index (κ2) is 17.3. The van der Waals surface area contributed by atoms with E-state index in [0.717, 1.165) is 87.4 Å². The molecule has 2 aromatic heterocycles. The molecule has 2 aliphatic carbocycles. The van der Waals surface area contributed by atoms with Crippen LogP contribution in [0.25, 0.3) is 0 Å². The third-order valence-electron chi connectivity index (χ3n) is 8.11. The van der Waals surface area contributed by atoms with Gasteiger partial charge in [-0.05, 0) is 94.2 Å². The molecular formula is C33H39Cl3N8O2S2. The van der Waals surface area contributed by atoms with Gasteiger partial charge in [-0.25, -0.2) is 9.97 Å². The van der Waals surface area contributed by atoms with Crippen LogP contribution >= 0.6 is 58.3 Å². The van der Waals surface area contributed by atoms with Gasteiger partial charge >= 0.3 is 0 Å². The zero-order valence-corrected chi connectivity index (χ0v) is 30.3. The van der Waals surface area contributed by atoms with Gasteiger partial charge in [-0.3, -0.25) is 0 Å². The van der Waals surface area contributed by atoms with E-state index >= 15 is 0 Å². The third kappa shape index (κ3) is 10.4. The van der Waals surface area contributed by atoms with Crippen LogP contribution in [0, 0.1) is 6.92 Å². The van der Waals surface area contributed by atoms with Crippen LogP contribution in [0.1, 0.15) is 56.9 Å². The zero-order chi connectivity index (χ0) is 34.2. The van der Waals surface area contributed by atoms with Gasteiger partial charge < -0.3 is 32.3 Å². The Hall–Kier alpha value is -2.71. The highest BCUT2D eigenvalue weighted by atomic mass is 35.5. The Morgan fingerprint density at radius 3 is 1.65 bits per heavy atom. The summed E-state index contributed by atoms with van der Waals surface area (Å²) < 4.78 is 0. The van der Waals surface area contributed by atoms with Crippen LogP contribution in [-0.4, -0.2) is 54.4 Å². The number of aromatic nitrogens is 4. The first-order chi connectivity index (χ1) is 23.0. The Kier molecular flexibility index (Phi) is 13.2. The van der Waals surface area contributed by atoms with Crippen molar-refractivity contribution in [2.45, 2.75) is 102 Å². The van der Waals surface area contributed by atoms with E-state index in [-0.39, 0.29) is 30.1 Å². The number of anilines is 4. The highest BCUT2D eigenvalue weighted by Gasteiger charge is 2.23. The van der Waals surface area contributed by atoms with E-state index in [4.69, 9.17) is 46.3 Å². The first kappa shape index (κ1) is 36.6. The minimum absolute atomic E-state index is 0.177. The summed E-state index contributed by atoms with van der Waals surface area (Å²) >= 11 is 21.5. The fraction of sp³-hybridized carbons (Fsp3) is 0.394. The molecule has 2 heterocycles. The monoisotopic (exact) mass is 748 g/mol. The van der Waals surface area contributed by atoms with E-state index in [1.165, 1.54) is 11.8 Å². The highest BCUT2D eigenvalue weighted by molar-refractivity contribution is 8.00. The minimum atomic E-state index is -0.200. The highest BCUT2D eigenvalue weighted by Crippen LogP contribution is 2.41. The Labute approximate surface area is 304 Å². The molecule has 2 saturated carbocycles. The minimum Gasteiger partial charge on any atom is -0.393 e. The lowest BCUT2D eigenvalue weighted by atomic mass is 9.93. The van der Waals surface area contributed by atoms with Crippen molar-refractivity contribution in [2.75, 3.05) is 22.1 Å². The molecule has 256 valence electrons. The van der Waals surface area contributed by atoms with Gasteiger partial charge in [-0.2, -0.15) is 9.97 Å². The van der Waals surface area contributed by atoms with Gasteiger partial charge in [0.1, 0.15) is 11.6 Å². The number of aliphatic hydroxyl groups is 2. The molecule has 0 bridgehead atoms. The Morgan fingerprint density at radius 1 is 0.688 bits per heavy atom. The van der Waals surface area contributed by atoms with Gasteiger partial charge in [0.05, 0.1) is 32.0 Å². The first-order valence-corrected chi connectivity index (χ1v) is 18.5. The first-order valence-electron chi connectivity index (χ1n) is 15.7. The molecule has 0 atom stereocenters. The molecule has 2 aromatic carbocycles. The molecular weight excluding hydrogens is 711 g/mol. The lowest BCUT2D eigenvalue weighted by Gasteiger charge is -2.27. The average molecular weight is 750 g/mol. The average Bonchev–Trinajstić information content (AvgIpc) is 3.05. The van der Waals surface area contributed by atoms with Crippen LogP contribution in [-0.2, 0) is 0 Å². The molecule has 48 heavy (non-hydrogen) atoms. The molecule has 0 saturated heterocycles. The van der Waals surface area contributed by atoms with Gasteiger partial charge in [0.2, 0.25) is 11.9 Å². The largest absolute Gasteiger partial charge is 0.393 e. The molecule has 10 nitrogen and oxygen atoms in total. The molecule has 0 radical (unpaired) electrons. The van der Waals surface area contributed by atoms with Crippen LogP contribution in [0.4, 0.5) is 23.5 Å². The number of aryl methyl sites for hydroxylation is 1. The summed E-state index contributed by atoms with van der Waals surface area (Å²) in [6.07, 6.45) is 9.89. The lowest BCUT2D eigenvalue weighted by molar-refractivity contribution is 0.125. The molecule has 8 N–H and O–H groups in total. The summed E-state index contributed by atoms with van der Waals surface area (Å²) in [6.45, 7) is 2.03. The topological polar surface area (TPSA) is 168 Å². The number of aliphatic hydroxyl groups excluding tert-OH is 2. The summed E-state index contributed by atoms with van der Waals surface area (Å²) in [5.41, 5.74) is 12.6. The number of rotatable bonds is 8. The summed E-state index contributed by atoms with van der Waals surface area (Å²) in [7, 11) is 0. The summed E-state index contributed by atoms with van der Waals surface area (Å²) in [6, 6.07) is 11.8. The molecule has 0 unspecified atom stereocenters. The van der Waals surface area contributed by atoms with Crippen molar-refractivity contribution < 1.29 is 10.2 Å². The van der Waals surface area contributed by atoms with Gasteiger partial charge in [0.15, 0.2) is 0 Å². The number of hydrogen-bond donors (Lipinski definition) is 6. The third-order valence-corrected chi connectivity index (χ3v) is 11.6. The Morgan fingerprint density at radius 2 is 1.17 bits per heavy atom. The maximum atomic E-state index is 9.65. The van der Waals surface area contributed by atoms with Gasteiger partial charge in [0.25, 0.3) is 0 Å². The van der Waals surface area contributed by atoms with Crippen molar-refractivity contribution in [3.63, 3.8) is 0 Å². The van der Waals surface area contributed by atoms with Crippen molar-refractivity contribution in [3.05, 3.63) is 69.4 Å². The van der Waals surface area contributed by atoms with Crippen molar-refractivity contribution >= 4 is 81.9 Å². The zero-order valence-electron chi connectivity index (χ0n) is 26.4. The number of nitrogens with one attached hydrogen (secondary N) is 2. The molecule has 2 aliphatic rings. The molecule has 0 spiro atoms. The number of nitrogens with two attached hydrogens (primary N) is 2. The summed E-state index contributed by atoms with van der Waals surface area (Å²) in [4.78, 5) is 20.5. The molecule has 6 rings (SSSR count). The Bertz CT molecular complexity index is 1670. The quantitative estimate of drug-likeness (QED) is 0.103. The fourth-order valence-electron chi connectivity index (χ4n) is 5.49. The van der Waals surface area contributed by atoms with Crippen LogP contribution in [0.5, 0.6) is 0 Å². The van der Waals surface area contributed by atoms with E-state index in [9.17, 15) is 10.2 Å². The van der Waals surface area contributed by atoms with E-state index < -0.39 is 0 Å². The van der Waals surface area contributed by atoms with Crippen molar-refractivity contribution in [1.82, 2.24) is 19.9 Å². The standard InChI is InChI=1S/C17H21ClN4OS.C16H18Cl2N4OS/c1-10-8-11(18)2-7-14(10)24-15-9-20-17(19)22-16(15)21-12-3-5-13(23)6-4-12;17-11-2-1-3-12(18)14(11)24-13-8-20-16(19)22-15(13)21-9-4-6-10(23)7-5-9/h2,7-9,12-13,23H,3-6H2,1H3,(H3,19,20,21,22);1-3,8-10,23H,4-7H2,(H3,19,20,21,22). The summed E-state index contributed by atoms with van der Waals surface area (Å²) in [5.74, 6) is 1.89. The predicted molar refractivity (Wildman–Crippen MR) is 198 cm³/mol. The van der Waals surface area contributed by atoms with E-state index in [0.29, 0.717) is 21.9 Å². The molecule has 4 aromatic rings. The van der Waals surface area contributed by atoms with E-state index in [1.807, 2.05) is 25.1 Å². The van der Waals surface area contributed by atoms with Crippen molar-refractivity contribution in [2.24, 2.45) is 0 Å². The molecule has 0 amide bonds. The van der Waals surface area contributed by atoms with Crippen LogP contribution in [0.2, 0.25) is 15.1 Å². The summed E-state index contributed by atoms with van der Waals surface area (Å²) in [5, 5.41) is 28.1. The number of benzene rings is 2. The fourth-order valence-corrected chi connectivity index (χ4v) is 8.10.